The number of hydrogen-bond donors (Lipinski definition) is 1. The third-order valence-corrected chi connectivity index (χ3v) is 3.51. The van der Waals surface area contributed by atoms with Crippen LogP contribution in [0.4, 0.5) is 0 Å². The SMILES string of the molecule is O=C1C[C@H]2N1C(O)C[S+]2[O-]. The summed E-state index contributed by atoms with van der Waals surface area (Å²) in [6.45, 7) is 0. The van der Waals surface area contributed by atoms with Gasteiger partial charge in [0.2, 0.25) is 11.3 Å². The maximum absolute atomic E-state index is 10.9. The van der Waals surface area contributed by atoms with Crippen molar-refractivity contribution in [3.8, 4) is 0 Å². The van der Waals surface area contributed by atoms with Gasteiger partial charge >= 0.3 is 0 Å². The second-order valence-corrected chi connectivity index (χ2v) is 4.13. The van der Waals surface area contributed by atoms with Crippen LogP contribution >= 0.6 is 0 Å². The number of rotatable bonds is 0. The number of fused-ring (bicyclic) bond motifs is 1. The molecular weight excluding hydrogens is 154 g/mol. The Morgan fingerprint density at radius 3 is 2.90 bits per heavy atom. The molecule has 56 valence electrons. The Kier molecular flexibility index (Phi) is 1.21. The molecule has 2 unspecified atom stereocenters. The molecule has 2 aliphatic heterocycles. The molecule has 2 saturated heterocycles. The number of β-lactam (4-membered cyclic amide) rings is 1. The first-order chi connectivity index (χ1) is 4.70. The van der Waals surface area contributed by atoms with Gasteiger partial charge in [-0.3, -0.25) is 9.69 Å². The van der Waals surface area contributed by atoms with Gasteiger partial charge in [-0.1, -0.05) is 0 Å². The Balaban J connectivity index is 2.16. The first-order valence-electron chi connectivity index (χ1n) is 3.06. The van der Waals surface area contributed by atoms with Crippen molar-refractivity contribution in [1.82, 2.24) is 4.90 Å². The van der Waals surface area contributed by atoms with Crippen molar-refractivity contribution in [3.05, 3.63) is 0 Å². The summed E-state index contributed by atoms with van der Waals surface area (Å²) in [6.07, 6.45) is -0.434. The zero-order valence-corrected chi connectivity index (χ0v) is 6.00. The minimum atomic E-state index is -1.01. The van der Waals surface area contributed by atoms with Crippen LogP contribution in [-0.2, 0) is 16.0 Å². The van der Waals surface area contributed by atoms with Crippen LogP contribution in [0.25, 0.3) is 0 Å². The Bertz CT molecular complexity index is 186. The van der Waals surface area contributed by atoms with E-state index in [9.17, 15) is 9.35 Å². The van der Waals surface area contributed by atoms with E-state index in [2.05, 4.69) is 0 Å². The molecule has 5 heteroatoms. The van der Waals surface area contributed by atoms with Gasteiger partial charge < -0.3 is 9.66 Å². The normalized spacial score (nSPS) is 45.2. The molecule has 4 nitrogen and oxygen atoms in total. The van der Waals surface area contributed by atoms with E-state index < -0.39 is 17.4 Å². The predicted octanol–water partition coefficient (Wildman–Crippen LogP) is -1.37. The molecule has 10 heavy (non-hydrogen) atoms. The van der Waals surface area contributed by atoms with Gasteiger partial charge in [0, 0.05) is 0 Å². The summed E-state index contributed by atoms with van der Waals surface area (Å²) in [5, 5.41) is 8.89. The van der Waals surface area contributed by atoms with Crippen LogP contribution in [0.15, 0.2) is 0 Å². The minimum Gasteiger partial charge on any atom is -0.615 e. The van der Waals surface area contributed by atoms with Gasteiger partial charge in [-0.25, -0.2) is 0 Å². The smallest absolute Gasteiger partial charge is 0.235 e. The molecule has 0 saturated carbocycles. The quantitative estimate of drug-likeness (QED) is 0.352. The summed E-state index contributed by atoms with van der Waals surface area (Å²) in [6, 6.07) is 0. The van der Waals surface area contributed by atoms with Gasteiger partial charge in [-0.2, -0.15) is 0 Å². The second kappa shape index (κ2) is 1.87. The third-order valence-electron chi connectivity index (χ3n) is 1.89. The average Bonchev–Trinajstić information content (AvgIpc) is 2.01. The molecule has 0 aliphatic carbocycles. The minimum absolute atomic E-state index is 0.0802. The molecule has 2 rings (SSSR count). The highest BCUT2D eigenvalue weighted by molar-refractivity contribution is 7.92. The molecule has 2 heterocycles. The Hall–Kier alpha value is -0.260. The molecular formula is C5H7NO3S. The fraction of sp³-hybridized carbons (Fsp3) is 0.800. The fourth-order valence-electron chi connectivity index (χ4n) is 1.32. The zero-order chi connectivity index (χ0) is 7.30. The van der Waals surface area contributed by atoms with E-state index in [4.69, 9.17) is 5.11 Å². The summed E-state index contributed by atoms with van der Waals surface area (Å²) in [5.41, 5.74) is 0. The predicted molar refractivity (Wildman–Crippen MR) is 34.3 cm³/mol. The Labute approximate surface area is 61.0 Å². The first kappa shape index (κ1) is 6.45. The Morgan fingerprint density at radius 2 is 2.50 bits per heavy atom. The molecule has 0 aromatic heterocycles. The van der Waals surface area contributed by atoms with E-state index in [0.717, 1.165) is 0 Å². The number of aliphatic hydroxyl groups is 1. The van der Waals surface area contributed by atoms with Crippen molar-refractivity contribution in [2.24, 2.45) is 0 Å². The summed E-state index contributed by atoms with van der Waals surface area (Å²) in [4.78, 5) is 12.0. The van der Waals surface area contributed by atoms with Crippen LogP contribution < -0.4 is 0 Å². The highest BCUT2D eigenvalue weighted by Gasteiger charge is 2.54. The zero-order valence-electron chi connectivity index (χ0n) is 5.19. The van der Waals surface area contributed by atoms with Crippen LogP contribution in [0.5, 0.6) is 0 Å². The van der Waals surface area contributed by atoms with E-state index >= 15 is 0 Å². The number of carbonyl (C=O) groups excluding carboxylic acids is 1. The number of aliphatic hydroxyl groups excluding tert-OH is 1. The fourth-order valence-corrected chi connectivity index (χ4v) is 2.83. The van der Waals surface area contributed by atoms with Crippen LogP contribution in [0, 0.1) is 0 Å². The molecule has 0 aromatic carbocycles. The molecule has 3 atom stereocenters. The molecule has 0 spiro atoms. The van der Waals surface area contributed by atoms with E-state index in [1.54, 1.807) is 0 Å². The van der Waals surface area contributed by atoms with Crippen LogP contribution in [-0.4, -0.2) is 37.8 Å². The standard InChI is InChI=1S/C5H7NO3S/c7-3-1-5-6(3)4(8)2-10(5)9/h4-5,8H,1-2H2/t4?,5-,10?/m0/s1. The lowest BCUT2D eigenvalue weighted by atomic mass is 10.2. The van der Waals surface area contributed by atoms with Gasteiger partial charge in [0.15, 0.2) is 12.0 Å². The monoisotopic (exact) mass is 161 g/mol. The molecule has 2 aliphatic rings. The summed E-state index contributed by atoms with van der Waals surface area (Å²) in [5.74, 6) is 0.152. The lowest BCUT2D eigenvalue weighted by molar-refractivity contribution is -0.152. The maximum atomic E-state index is 10.9. The molecule has 1 amide bonds. The topological polar surface area (TPSA) is 63.6 Å². The largest absolute Gasteiger partial charge is 0.615 e. The molecule has 0 bridgehead atoms. The molecule has 0 aromatic rings. The number of carbonyl (C=O) groups is 1. The molecule has 1 N–H and O–H groups in total. The lowest BCUT2D eigenvalue weighted by Gasteiger charge is -2.32. The average molecular weight is 161 g/mol. The summed E-state index contributed by atoms with van der Waals surface area (Å²) < 4.78 is 10.9. The van der Waals surface area contributed by atoms with Crippen LogP contribution in [0.1, 0.15) is 6.42 Å². The van der Waals surface area contributed by atoms with Crippen molar-refractivity contribution in [2.45, 2.75) is 18.0 Å². The van der Waals surface area contributed by atoms with E-state index in [1.807, 2.05) is 0 Å². The summed E-state index contributed by atoms with van der Waals surface area (Å²) in [7, 11) is 0. The van der Waals surface area contributed by atoms with E-state index in [1.165, 1.54) is 4.90 Å². The van der Waals surface area contributed by atoms with Crippen LogP contribution in [0.3, 0.4) is 0 Å². The van der Waals surface area contributed by atoms with E-state index in [-0.39, 0.29) is 17.0 Å². The van der Waals surface area contributed by atoms with Gasteiger partial charge in [-0.15, -0.1) is 0 Å². The summed E-state index contributed by atoms with van der Waals surface area (Å²) >= 11 is -1.01. The van der Waals surface area contributed by atoms with Crippen molar-refractivity contribution in [1.29, 1.82) is 0 Å². The van der Waals surface area contributed by atoms with Gasteiger partial charge in [0.05, 0.1) is 6.42 Å². The highest BCUT2D eigenvalue weighted by atomic mass is 32.2. The number of amides is 1. The Morgan fingerprint density at radius 1 is 1.80 bits per heavy atom. The van der Waals surface area contributed by atoms with Crippen molar-refractivity contribution in [2.75, 3.05) is 5.75 Å². The number of nitrogens with zero attached hydrogens (tertiary/aromatic N) is 1. The van der Waals surface area contributed by atoms with Crippen molar-refractivity contribution >= 4 is 17.1 Å². The highest BCUT2D eigenvalue weighted by Crippen LogP contribution is 2.33. The lowest BCUT2D eigenvalue weighted by Crippen LogP contribution is -2.53. The van der Waals surface area contributed by atoms with E-state index in [0.29, 0.717) is 6.42 Å². The second-order valence-electron chi connectivity index (χ2n) is 2.49. The van der Waals surface area contributed by atoms with Gasteiger partial charge in [0.1, 0.15) is 0 Å². The van der Waals surface area contributed by atoms with Gasteiger partial charge in [0.25, 0.3) is 0 Å². The maximum Gasteiger partial charge on any atom is 0.235 e. The van der Waals surface area contributed by atoms with Gasteiger partial charge in [-0.05, 0) is 11.2 Å². The van der Waals surface area contributed by atoms with Crippen LogP contribution in [0.2, 0.25) is 0 Å². The molecule has 2 fully saturated rings. The van der Waals surface area contributed by atoms with Crippen molar-refractivity contribution in [3.63, 3.8) is 0 Å². The number of hydrogen-bond acceptors (Lipinski definition) is 3. The third kappa shape index (κ3) is 0.624. The first-order valence-corrected chi connectivity index (χ1v) is 4.45. The van der Waals surface area contributed by atoms with Crippen molar-refractivity contribution < 1.29 is 14.5 Å². The molecule has 0 radical (unpaired) electrons.